The highest BCUT2D eigenvalue weighted by molar-refractivity contribution is 5.56. The number of likely N-dealkylation sites (N-methyl/N-ethyl adjacent to an activating group) is 1. The molecule has 1 nitrogen and oxygen atoms in total. The van der Waals surface area contributed by atoms with Crippen molar-refractivity contribution in [2.24, 2.45) is 0 Å². The van der Waals surface area contributed by atoms with E-state index in [0.717, 1.165) is 6.54 Å². The van der Waals surface area contributed by atoms with Gasteiger partial charge in [-0.25, -0.2) is 0 Å². The summed E-state index contributed by atoms with van der Waals surface area (Å²) in [5.74, 6) is 0. The van der Waals surface area contributed by atoms with Gasteiger partial charge in [0.1, 0.15) is 0 Å². The summed E-state index contributed by atoms with van der Waals surface area (Å²) in [7, 11) is 0. The molecule has 15 heavy (non-hydrogen) atoms. The summed E-state index contributed by atoms with van der Waals surface area (Å²) in [5.41, 5.74) is 4.03. The summed E-state index contributed by atoms with van der Waals surface area (Å²) in [6.45, 7) is 9.68. The van der Waals surface area contributed by atoms with Crippen LogP contribution in [-0.2, 0) is 0 Å². The molecular formula is C14H21N. The molecule has 1 atom stereocenters. The molecule has 0 radical (unpaired) electrons. The van der Waals surface area contributed by atoms with Gasteiger partial charge in [-0.05, 0) is 38.4 Å². The molecule has 1 rings (SSSR count). The summed E-state index contributed by atoms with van der Waals surface area (Å²) in [5, 5.41) is 3.42. The predicted molar refractivity (Wildman–Crippen MR) is 68.0 cm³/mol. The number of benzene rings is 1. The Labute approximate surface area is 93.2 Å². The molecule has 0 saturated carbocycles. The van der Waals surface area contributed by atoms with Crippen LogP contribution in [0.5, 0.6) is 0 Å². The van der Waals surface area contributed by atoms with Crippen molar-refractivity contribution in [3.05, 3.63) is 41.0 Å². The molecule has 1 aromatic carbocycles. The molecule has 1 heteroatoms. The Morgan fingerprint density at radius 1 is 1.40 bits per heavy atom. The normalized spacial score (nSPS) is 14.0. The highest BCUT2D eigenvalue weighted by atomic mass is 14.9. The molecule has 0 bridgehead atoms. The van der Waals surface area contributed by atoms with Crippen molar-refractivity contribution < 1.29 is 0 Å². The Hall–Kier alpha value is -1.08. The fourth-order valence-electron chi connectivity index (χ4n) is 1.59. The van der Waals surface area contributed by atoms with Crippen LogP contribution >= 0.6 is 0 Å². The predicted octanol–water partition coefficient (Wildman–Crippen LogP) is 3.40. The van der Waals surface area contributed by atoms with E-state index in [-0.39, 0.29) is 0 Å². The molecule has 0 fully saturated rings. The number of hydrogen-bond donors (Lipinski definition) is 1. The zero-order chi connectivity index (χ0) is 11.3. The third-order valence-corrected chi connectivity index (χ3v) is 2.76. The molecule has 0 aliphatic carbocycles. The van der Waals surface area contributed by atoms with E-state index in [4.69, 9.17) is 0 Å². The maximum absolute atomic E-state index is 3.42. The number of nitrogens with one attached hydrogen (secondary N) is 1. The molecule has 1 N–H and O–H groups in total. The average Bonchev–Trinajstić information content (AvgIpc) is 2.21. The van der Waals surface area contributed by atoms with Crippen molar-refractivity contribution in [3.63, 3.8) is 0 Å². The van der Waals surface area contributed by atoms with Crippen LogP contribution in [0, 0.1) is 6.92 Å². The second-order valence-electron chi connectivity index (χ2n) is 4.02. The van der Waals surface area contributed by atoms with Crippen molar-refractivity contribution in [2.45, 2.75) is 33.7 Å². The smallest absolute Gasteiger partial charge is 0.0251 e. The summed E-state index contributed by atoms with van der Waals surface area (Å²) in [6.07, 6.45) is 2.27. The van der Waals surface area contributed by atoms with Crippen LogP contribution in [0.2, 0.25) is 0 Å². The lowest BCUT2D eigenvalue weighted by Crippen LogP contribution is -2.26. The van der Waals surface area contributed by atoms with E-state index in [1.54, 1.807) is 0 Å². The Kier molecular flexibility index (Phi) is 4.57. The van der Waals surface area contributed by atoms with E-state index in [0.29, 0.717) is 6.04 Å². The first-order valence-corrected chi connectivity index (χ1v) is 5.62. The first kappa shape index (κ1) is 12.0. The lowest BCUT2D eigenvalue weighted by molar-refractivity contribution is 0.636. The second kappa shape index (κ2) is 5.72. The first-order chi connectivity index (χ1) is 7.15. The van der Waals surface area contributed by atoms with Crippen LogP contribution in [0.4, 0.5) is 0 Å². The topological polar surface area (TPSA) is 12.0 Å². The molecule has 0 aliphatic rings. The van der Waals surface area contributed by atoms with Gasteiger partial charge in [0.05, 0.1) is 0 Å². The van der Waals surface area contributed by atoms with Gasteiger partial charge >= 0.3 is 0 Å². The SMILES string of the molecule is CCNC(C)/C(C)=C/c1ccccc1C. The highest BCUT2D eigenvalue weighted by Crippen LogP contribution is 2.13. The minimum Gasteiger partial charge on any atom is -0.311 e. The molecule has 0 saturated heterocycles. The standard InChI is InChI=1S/C14H21N/c1-5-15-13(4)12(3)10-14-9-7-6-8-11(14)2/h6-10,13,15H,5H2,1-4H3/b12-10+. The van der Waals surface area contributed by atoms with Gasteiger partial charge in [-0.3, -0.25) is 0 Å². The second-order valence-corrected chi connectivity index (χ2v) is 4.02. The van der Waals surface area contributed by atoms with Crippen LogP contribution in [0.1, 0.15) is 31.9 Å². The molecule has 0 spiro atoms. The minimum absolute atomic E-state index is 0.453. The van der Waals surface area contributed by atoms with Crippen molar-refractivity contribution in [3.8, 4) is 0 Å². The number of hydrogen-bond acceptors (Lipinski definition) is 1. The van der Waals surface area contributed by atoms with Gasteiger partial charge in [-0.15, -0.1) is 0 Å². The maximum atomic E-state index is 3.42. The third-order valence-electron chi connectivity index (χ3n) is 2.76. The van der Waals surface area contributed by atoms with Gasteiger partial charge in [0.25, 0.3) is 0 Å². The van der Waals surface area contributed by atoms with Gasteiger partial charge in [0.2, 0.25) is 0 Å². The lowest BCUT2D eigenvalue weighted by atomic mass is 10.0. The molecule has 82 valence electrons. The van der Waals surface area contributed by atoms with Crippen molar-refractivity contribution in [1.29, 1.82) is 0 Å². The number of aryl methyl sites for hydroxylation is 1. The monoisotopic (exact) mass is 203 g/mol. The molecule has 1 aromatic rings. The van der Waals surface area contributed by atoms with E-state index in [2.05, 4.69) is 63.4 Å². The molecule has 0 heterocycles. The van der Waals surface area contributed by atoms with E-state index in [1.165, 1.54) is 16.7 Å². The van der Waals surface area contributed by atoms with Crippen LogP contribution in [-0.4, -0.2) is 12.6 Å². The summed E-state index contributed by atoms with van der Waals surface area (Å²) in [4.78, 5) is 0. The van der Waals surface area contributed by atoms with E-state index in [1.807, 2.05) is 0 Å². The fraction of sp³-hybridized carbons (Fsp3) is 0.429. The van der Waals surface area contributed by atoms with Gasteiger partial charge in [0.15, 0.2) is 0 Å². The molecular weight excluding hydrogens is 182 g/mol. The summed E-state index contributed by atoms with van der Waals surface area (Å²) >= 11 is 0. The van der Waals surface area contributed by atoms with Gasteiger partial charge in [-0.2, -0.15) is 0 Å². The Bertz CT molecular complexity index is 339. The molecule has 1 unspecified atom stereocenters. The maximum Gasteiger partial charge on any atom is 0.0251 e. The van der Waals surface area contributed by atoms with E-state index in [9.17, 15) is 0 Å². The quantitative estimate of drug-likeness (QED) is 0.791. The van der Waals surface area contributed by atoms with Crippen molar-refractivity contribution in [1.82, 2.24) is 5.32 Å². The van der Waals surface area contributed by atoms with Crippen LogP contribution in [0.3, 0.4) is 0 Å². The molecule has 0 aromatic heterocycles. The summed E-state index contributed by atoms with van der Waals surface area (Å²) < 4.78 is 0. The van der Waals surface area contributed by atoms with Gasteiger partial charge < -0.3 is 5.32 Å². The van der Waals surface area contributed by atoms with Crippen LogP contribution in [0.25, 0.3) is 6.08 Å². The summed E-state index contributed by atoms with van der Waals surface area (Å²) in [6, 6.07) is 8.93. The molecule has 0 aliphatic heterocycles. The molecule has 0 amide bonds. The Morgan fingerprint density at radius 3 is 2.67 bits per heavy atom. The zero-order valence-electron chi connectivity index (χ0n) is 10.2. The zero-order valence-corrected chi connectivity index (χ0v) is 10.2. The third kappa shape index (κ3) is 3.52. The minimum atomic E-state index is 0.453. The number of rotatable bonds is 4. The van der Waals surface area contributed by atoms with Gasteiger partial charge in [0, 0.05) is 6.04 Å². The first-order valence-electron chi connectivity index (χ1n) is 5.62. The average molecular weight is 203 g/mol. The van der Waals surface area contributed by atoms with E-state index < -0.39 is 0 Å². The largest absolute Gasteiger partial charge is 0.311 e. The highest BCUT2D eigenvalue weighted by Gasteiger charge is 2.02. The van der Waals surface area contributed by atoms with Crippen molar-refractivity contribution in [2.75, 3.05) is 6.54 Å². The fourth-order valence-corrected chi connectivity index (χ4v) is 1.59. The van der Waals surface area contributed by atoms with Crippen molar-refractivity contribution >= 4 is 6.08 Å². The van der Waals surface area contributed by atoms with Crippen LogP contribution in [0.15, 0.2) is 29.8 Å². The Balaban J connectivity index is 2.82. The van der Waals surface area contributed by atoms with E-state index >= 15 is 0 Å². The van der Waals surface area contributed by atoms with Crippen LogP contribution < -0.4 is 5.32 Å². The van der Waals surface area contributed by atoms with Gasteiger partial charge in [-0.1, -0.05) is 42.8 Å². The lowest BCUT2D eigenvalue weighted by Gasteiger charge is -2.13. The Morgan fingerprint density at radius 2 is 2.07 bits per heavy atom.